The minimum atomic E-state index is -1.02. The van der Waals surface area contributed by atoms with E-state index in [1.54, 1.807) is 0 Å². The quantitative estimate of drug-likeness (QED) is 0.814. The van der Waals surface area contributed by atoms with Crippen LogP contribution in [0, 0.1) is 11.3 Å². The molecule has 21 heavy (non-hydrogen) atoms. The van der Waals surface area contributed by atoms with Crippen molar-refractivity contribution in [3.05, 3.63) is 22.8 Å². The zero-order valence-corrected chi connectivity index (χ0v) is 13.4. The van der Waals surface area contributed by atoms with E-state index >= 15 is 0 Å². The van der Waals surface area contributed by atoms with Crippen molar-refractivity contribution < 1.29 is 9.90 Å². The Morgan fingerprint density at radius 3 is 2.71 bits per heavy atom. The summed E-state index contributed by atoms with van der Waals surface area (Å²) >= 11 is 5.84. The molecule has 1 aromatic rings. The van der Waals surface area contributed by atoms with Crippen molar-refractivity contribution >= 4 is 23.4 Å². The number of hydrogen-bond acceptors (Lipinski definition) is 3. The predicted octanol–water partition coefficient (Wildman–Crippen LogP) is 4.45. The molecule has 1 aromatic heterocycles. The van der Waals surface area contributed by atoms with Crippen molar-refractivity contribution in [2.45, 2.75) is 46.0 Å². The van der Waals surface area contributed by atoms with Crippen LogP contribution in [-0.4, -0.2) is 22.6 Å². The van der Waals surface area contributed by atoms with Gasteiger partial charge in [0.15, 0.2) is 0 Å². The molecule has 2 rings (SSSR count). The third kappa shape index (κ3) is 4.10. The molecule has 0 atom stereocenters. The Morgan fingerprint density at radius 2 is 2.14 bits per heavy atom. The Hall–Kier alpha value is -1.29. The highest BCUT2D eigenvalue weighted by atomic mass is 35.5. The van der Waals surface area contributed by atoms with Gasteiger partial charge in [-0.2, -0.15) is 0 Å². The topological polar surface area (TPSA) is 62.2 Å². The third-order valence-electron chi connectivity index (χ3n) is 4.24. The molecule has 0 spiro atoms. The minimum Gasteiger partial charge on any atom is -0.478 e. The summed E-state index contributed by atoms with van der Waals surface area (Å²) in [5, 5.41) is 12.6. The average Bonchev–Trinajstić information content (AvgIpc) is 2.85. The number of pyridine rings is 1. The number of anilines is 1. The largest absolute Gasteiger partial charge is 0.478 e. The normalized spacial score (nSPS) is 17.1. The monoisotopic (exact) mass is 310 g/mol. The zero-order chi connectivity index (χ0) is 15.5. The fourth-order valence-electron chi connectivity index (χ4n) is 3.42. The van der Waals surface area contributed by atoms with E-state index in [0.29, 0.717) is 17.2 Å². The van der Waals surface area contributed by atoms with Crippen LogP contribution in [0.4, 0.5) is 5.82 Å². The summed E-state index contributed by atoms with van der Waals surface area (Å²) in [7, 11) is 0. The van der Waals surface area contributed by atoms with Gasteiger partial charge in [-0.3, -0.25) is 0 Å². The van der Waals surface area contributed by atoms with Crippen LogP contribution in [0.15, 0.2) is 12.3 Å². The maximum Gasteiger partial charge on any atom is 0.337 e. The fourth-order valence-corrected chi connectivity index (χ4v) is 3.61. The van der Waals surface area contributed by atoms with Crippen LogP contribution in [0.5, 0.6) is 0 Å². The summed E-state index contributed by atoms with van der Waals surface area (Å²) < 4.78 is 0. The summed E-state index contributed by atoms with van der Waals surface area (Å²) in [5.74, 6) is 0.229. The first-order valence-corrected chi connectivity index (χ1v) is 7.92. The number of carboxylic acids is 1. The van der Waals surface area contributed by atoms with E-state index in [4.69, 9.17) is 16.7 Å². The van der Waals surface area contributed by atoms with Gasteiger partial charge in [0.25, 0.3) is 0 Å². The summed E-state index contributed by atoms with van der Waals surface area (Å²) in [5.41, 5.74) is 0.414. The fraction of sp³-hybridized carbons (Fsp3) is 0.625. The van der Waals surface area contributed by atoms with Gasteiger partial charge in [-0.15, -0.1) is 0 Å². The number of aromatic nitrogens is 1. The van der Waals surface area contributed by atoms with Crippen LogP contribution >= 0.6 is 11.6 Å². The molecule has 1 fully saturated rings. The molecule has 0 saturated heterocycles. The number of carbonyl (C=O) groups is 1. The van der Waals surface area contributed by atoms with Crippen molar-refractivity contribution in [1.82, 2.24) is 4.98 Å². The number of rotatable bonds is 6. The van der Waals surface area contributed by atoms with Gasteiger partial charge >= 0.3 is 5.97 Å². The van der Waals surface area contributed by atoms with E-state index in [0.717, 1.165) is 6.54 Å². The molecule has 2 N–H and O–H groups in total. The molecule has 0 aromatic carbocycles. The molecule has 4 nitrogen and oxygen atoms in total. The lowest BCUT2D eigenvalue weighted by Crippen LogP contribution is -2.28. The van der Waals surface area contributed by atoms with E-state index in [1.807, 2.05) is 0 Å². The molecule has 0 bridgehead atoms. The van der Waals surface area contributed by atoms with Gasteiger partial charge in [-0.05, 0) is 36.7 Å². The second kappa shape index (κ2) is 6.65. The molecule has 0 unspecified atom stereocenters. The maximum atomic E-state index is 11.1. The van der Waals surface area contributed by atoms with Crippen LogP contribution in [0.3, 0.4) is 0 Å². The zero-order valence-electron chi connectivity index (χ0n) is 12.7. The molecule has 116 valence electrons. The van der Waals surface area contributed by atoms with E-state index in [1.165, 1.54) is 44.4 Å². The minimum absolute atomic E-state index is 0.0958. The maximum absolute atomic E-state index is 11.1. The molecule has 1 aliphatic carbocycles. The molecule has 1 heterocycles. The van der Waals surface area contributed by atoms with Gasteiger partial charge in [0, 0.05) is 12.7 Å². The number of halogens is 1. The van der Waals surface area contributed by atoms with Crippen LogP contribution in [0.2, 0.25) is 5.02 Å². The molecule has 1 saturated carbocycles. The SMILES string of the molecule is CC(C)CC1(CNc2cc(C(=O)O)c(Cl)cn2)CCCC1. The number of nitrogens with zero attached hydrogens (tertiary/aromatic N) is 1. The highest BCUT2D eigenvalue weighted by molar-refractivity contribution is 6.33. The molecule has 0 aliphatic heterocycles. The second-order valence-corrected chi connectivity index (χ2v) is 6.92. The number of hydrogen-bond donors (Lipinski definition) is 2. The Morgan fingerprint density at radius 1 is 1.48 bits per heavy atom. The molecule has 1 aliphatic rings. The Labute approximate surface area is 130 Å². The predicted molar refractivity (Wildman–Crippen MR) is 85.1 cm³/mol. The van der Waals surface area contributed by atoms with Crippen molar-refractivity contribution in [3.63, 3.8) is 0 Å². The Kier molecular flexibility index (Phi) is 5.09. The van der Waals surface area contributed by atoms with E-state index in [9.17, 15) is 4.79 Å². The summed E-state index contributed by atoms with van der Waals surface area (Å²) in [6.07, 6.45) is 7.62. The lowest BCUT2D eigenvalue weighted by atomic mass is 9.78. The first kappa shape index (κ1) is 16.1. The third-order valence-corrected chi connectivity index (χ3v) is 4.54. The average molecular weight is 311 g/mol. The smallest absolute Gasteiger partial charge is 0.337 e. The van der Waals surface area contributed by atoms with E-state index in [2.05, 4.69) is 24.1 Å². The van der Waals surface area contributed by atoms with Gasteiger partial charge in [-0.25, -0.2) is 9.78 Å². The van der Waals surface area contributed by atoms with Gasteiger partial charge in [-0.1, -0.05) is 38.3 Å². The summed E-state index contributed by atoms with van der Waals surface area (Å²) in [4.78, 5) is 15.3. The Bertz CT molecular complexity index is 511. The molecular weight excluding hydrogens is 288 g/mol. The highest BCUT2D eigenvalue weighted by Gasteiger charge is 2.34. The number of carboxylic acid groups (broad SMARTS) is 1. The first-order valence-electron chi connectivity index (χ1n) is 7.55. The van der Waals surface area contributed by atoms with Crippen LogP contribution in [-0.2, 0) is 0 Å². The van der Waals surface area contributed by atoms with Crippen molar-refractivity contribution in [2.24, 2.45) is 11.3 Å². The van der Waals surface area contributed by atoms with Crippen molar-refractivity contribution in [1.29, 1.82) is 0 Å². The first-order chi connectivity index (χ1) is 9.92. The van der Waals surface area contributed by atoms with Crippen molar-refractivity contribution in [3.8, 4) is 0 Å². The van der Waals surface area contributed by atoms with Crippen LogP contribution in [0.25, 0.3) is 0 Å². The molecule has 0 amide bonds. The molecule has 0 radical (unpaired) electrons. The number of aromatic carboxylic acids is 1. The standard InChI is InChI=1S/C16H23ClN2O2/c1-11(2)8-16(5-3-4-6-16)10-19-14-7-12(15(20)21)13(17)9-18-14/h7,9,11H,3-6,8,10H2,1-2H3,(H,18,19)(H,20,21). The van der Waals surface area contributed by atoms with Gasteiger partial charge in [0.05, 0.1) is 10.6 Å². The van der Waals surface area contributed by atoms with E-state index in [-0.39, 0.29) is 10.6 Å². The number of nitrogens with one attached hydrogen (secondary N) is 1. The summed E-state index contributed by atoms with van der Waals surface area (Å²) in [6.45, 7) is 5.35. The molecular formula is C16H23ClN2O2. The lowest BCUT2D eigenvalue weighted by Gasteiger charge is -2.31. The highest BCUT2D eigenvalue weighted by Crippen LogP contribution is 2.43. The van der Waals surface area contributed by atoms with Crippen molar-refractivity contribution in [2.75, 3.05) is 11.9 Å². The van der Waals surface area contributed by atoms with Gasteiger partial charge < -0.3 is 10.4 Å². The van der Waals surface area contributed by atoms with E-state index < -0.39 is 5.97 Å². The lowest BCUT2D eigenvalue weighted by molar-refractivity contribution is 0.0697. The van der Waals surface area contributed by atoms with Gasteiger partial charge in [0.2, 0.25) is 0 Å². The van der Waals surface area contributed by atoms with Gasteiger partial charge in [0.1, 0.15) is 5.82 Å². The molecule has 5 heteroatoms. The Balaban J connectivity index is 2.07. The second-order valence-electron chi connectivity index (χ2n) is 6.51. The van der Waals surface area contributed by atoms with Crippen LogP contribution < -0.4 is 5.32 Å². The summed E-state index contributed by atoms with van der Waals surface area (Å²) in [6, 6.07) is 1.52. The van der Waals surface area contributed by atoms with Crippen LogP contribution in [0.1, 0.15) is 56.3 Å².